The second kappa shape index (κ2) is 4.69. The molecule has 0 unspecified atom stereocenters. The van der Waals surface area contributed by atoms with E-state index in [1.807, 2.05) is 4.90 Å². The number of nitrogen functional groups attached to an aromatic ring is 1. The molecule has 6 heteroatoms. The lowest BCUT2D eigenvalue weighted by molar-refractivity contribution is -0.119. The van der Waals surface area contributed by atoms with Gasteiger partial charge in [0.15, 0.2) is 0 Å². The average Bonchev–Trinajstić information content (AvgIpc) is 2.43. The maximum Gasteiger partial charge on any atom is 0.239 e. The number of carbonyl (C=O) groups excluding carboxylic acids is 1. The molecular formula is C10H13BrN4O. The van der Waals surface area contributed by atoms with E-state index in [0.717, 1.165) is 29.7 Å². The molecule has 0 aliphatic carbocycles. The smallest absolute Gasteiger partial charge is 0.239 e. The number of halogens is 1. The van der Waals surface area contributed by atoms with Crippen molar-refractivity contribution < 1.29 is 4.79 Å². The Hall–Kier alpha value is -1.30. The van der Waals surface area contributed by atoms with Crippen molar-refractivity contribution in [2.45, 2.75) is 6.42 Å². The molecule has 2 heterocycles. The first-order valence-corrected chi connectivity index (χ1v) is 5.88. The summed E-state index contributed by atoms with van der Waals surface area (Å²) in [5.41, 5.74) is 7.32. The summed E-state index contributed by atoms with van der Waals surface area (Å²) in [6.45, 7) is 1.87. The summed E-state index contributed by atoms with van der Waals surface area (Å²) < 4.78 is 0.821. The van der Waals surface area contributed by atoms with Gasteiger partial charge < -0.3 is 16.0 Å². The highest BCUT2D eigenvalue weighted by Gasteiger charge is 2.19. The second-order valence-electron chi connectivity index (χ2n) is 3.68. The maximum absolute atomic E-state index is 11.5. The Labute approximate surface area is 102 Å². The average molecular weight is 285 g/mol. The number of nitrogens with zero attached hydrogens (tertiary/aromatic N) is 2. The minimum Gasteiger partial charge on any atom is -0.396 e. The fraction of sp³-hybridized carbons (Fsp3) is 0.400. The molecule has 0 bridgehead atoms. The fourth-order valence-electron chi connectivity index (χ4n) is 1.77. The number of carbonyl (C=O) groups is 1. The van der Waals surface area contributed by atoms with Crippen LogP contribution < -0.4 is 16.0 Å². The van der Waals surface area contributed by atoms with Gasteiger partial charge in [-0.05, 0) is 22.4 Å². The van der Waals surface area contributed by atoms with Crippen LogP contribution in [0.15, 0.2) is 16.9 Å². The molecule has 2 rings (SSSR count). The molecule has 0 atom stereocenters. The maximum atomic E-state index is 11.5. The summed E-state index contributed by atoms with van der Waals surface area (Å²) >= 11 is 3.41. The van der Waals surface area contributed by atoms with E-state index in [9.17, 15) is 4.79 Å². The molecule has 3 N–H and O–H groups in total. The molecule has 1 aromatic rings. The molecule has 1 aliphatic rings. The van der Waals surface area contributed by atoms with Gasteiger partial charge in [0.2, 0.25) is 5.91 Å². The quantitative estimate of drug-likeness (QED) is 0.799. The van der Waals surface area contributed by atoms with E-state index in [1.165, 1.54) is 0 Å². The van der Waals surface area contributed by atoms with Crippen LogP contribution in [0.2, 0.25) is 0 Å². The molecule has 1 saturated heterocycles. The van der Waals surface area contributed by atoms with E-state index in [-0.39, 0.29) is 5.91 Å². The zero-order valence-electron chi connectivity index (χ0n) is 8.74. The van der Waals surface area contributed by atoms with Crippen LogP contribution in [0.25, 0.3) is 0 Å². The third-order valence-corrected chi connectivity index (χ3v) is 3.06. The van der Waals surface area contributed by atoms with Gasteiger partial charge in [0.1, 0.15) is 0 Å². The minimum absolute atomic E-state index is 0.0283. The number of hydrogen-bond donors (Lipinski definition) is 2. The van der Waals surface area contributed by atoms with E-state index in [2.05, 4.69) is 26.2 Å². The number of pyridine rings is 1. The summed E-state index contributed by atoms with van der Waals surface area (Å²) in [6, 6.07) is 0. The summed E-state index contributed by atoms with van der Waals surface area (Å²) in [4.78, 5) is 17.4. The van der Waals surface area contributed by atoms with Gasteiger partial charge in [-0.15, -0.1) is 0 Å². The number of anilines is 2. The molecule has 1 aliphatic heterocycles. The predicted octanol–water partition coefficient (Wildman–Crippen LogP) is 0.753. The lowest BCUT2D eigenvalue weighted by Gasteiger charge is -2.23. The van der Waals surface area contributed by atoms with E-state index in [1.54, 1.807) is 12.4 Å². The van der Waals surface area contributed by atoms with Gasteiger partial charge >= 0.3 is 0 Å². The highest BCUT2D eigenvalue weighted by atomic mass is 79.9. The molecule has 86 valence electrons. The Kier molecular flexibility index (Phi) is 3.28. The van der Waals surface area contributed by atoms with E-state index >= 15 is 0 Å². The van der Waals surface area contributed by atoms with Gasteiger partial charge in [0.25, 0.3) is 0 Å². The van der Waals surface area contributed by atoms with Gasteiger partial charge in [-0.3, -0.25) is 9.78 Å². The van der Waals surface area contributed by atoms with Crippen molar-refractivity contribution in [2.75, 3.05) is 30.3 Å². The highest BCUT2D eigenvalue weighted by Crippen LogP contribution is 2.31. The van der Waals surface area contributed by atoms with Crippen LogP contribution in [0.4, 0.5) is 11.4 Å². The SMILES string of the molecule is Nc1cncc(Br)c1N1CCCNC(=O)C1. The summed E-state index contributed by atoms with van der Waals surface area (Å²) in [6.07, 6.45) is 4.21. The van der Waals surface area contributed by atoms with Crippen molar-refractivity contribution >= 4 is 33.2 Å². The van der Waals surface area contributed by atoms with Crippen molar-refractivity contribution in [3.8, 4) is 0 Å². The molecule has 1 fully saturated rings. The molecule has 5 nitrogen and oxygen atoms in total. The summed E-state index contributed by atoms with van der Waals surface area (Å²) in [5.74, 6) is 0.0283. The van der Waals surface area contributed by atoms with E-state index < -0.39 is 0 Å². The van der Waals surface area contributed by atoms with Crippen molar-refractivity contribution in [3.05, 3.63) is 16.9 Å². The monoisotopic (exact) mass is 284 g/mol. The normalized spacial score (nSPS) is 16.8. The minimum atomic E-state index is 0.0283. The number of amides is 1. The topological polar surface area (TPSA) is 71.2 Å². The first-order chi connectivity index (χ1) is 7.68. The Morgan fingerprint density at radius 1 is 1.50 bits per heavy atom. The Morgan fingerprint density at radius 3 is 3.06 bits per heavy atom. The molecule has 0 aromatic carbocycles. The third-order valence-electron chi connectivity index (χ3n) is 2.48. The summed E-state index contributed by atoms with van der Waals surface area (Å²) in [5, 5.41) is 2.83. The van der Waals surface area contributed by atoms with Crippen molar-refractivity contribution in [3.63, 3.8) is 0 Å². The van der Waals surface area contributed by atoms with Gasteiger partial charge in [-0.2, -0.15) is 0 Å². The molecule has 1 amide bonds. The first-order valence-electron chi connectivity index (χ1n) is 5.09. The fourth-order valence-corrected chi connectivity index (χ4v) is 2.37. The van der Waals surface area contributed by atoms with Gasteiger partial charge in [0, 0.05) is 19.3 Å². The summed E-state index contributed by atoms with van der Waals surface area (Å²) in [7, 11) is 0. The predicted molar refractivity (Wildman–Crippen MR) is 66.2 cm³/mol. The third kappa shape index (κ3) is 2.27. The Balaban J connectivity index is 2.31. The highest BCUT2D eigenvalue weighted by molar-refractivity contribution is 9.10. The molecule has 0 radical (unpaired) electrons. The van der Waals surface area contributed by atoms with Crippen molar-refractivity contribution in [1.29, 1.82) is 0 Å². The lowest BCUT2D eigenvalue weighted by Crippen LogP contribution is -2.33. The van der Waals surface area contributed by atoms with Crippen molar-refractivity contribution in [1.82, 2.24) is 10.3 Å². The van der Waals surface area contributed by atoms with E-state index in [4.69, 9.17) is 5.73 Å². The van der Waals surface area contributed by atoms with Crippen LogP contribution in [0.5, 0.6) is 0 Å². The molecule has 0 spiro atoms. The number of rotatable bonds is 1. The molecule has 1 aromatic heterocycles. The number of hydrogen-bond acceptors (Lipinski definition) is 4. The second-order valence-corrected chi connectivity index (χ2v) is 4.54. The first kappa shape index (κ1) is 11.2. The number of nitrogens with two attached hydrogens (primary N) is 1. The van der Waals surface area contributed by atoms with Crippen molar-refractivity contribution in [2.24, 2.45) is 0 Å². The number of nitrogens with one attached hydrogen (secondary N) is 1. The van der Waals surface area contributed by atoms with E-state index in [0.29, 0.717) is 12.2 Å². The standard InChI is InChI=1S/C10H13BrN4O/c11-7-4-13-5-8(12)10(7)15-3-1-2-14-9(16)6-15/h4-5H,1-3,6,12H2,(H,14,16). The Morgan fingerprint density at radius 2 is 2.31 bits per heavy atom. The number of aromatic nitrogens is 1. The molecular weight excluding hydrogens is 272 g/mol. The van der Waals surface area contributed by atoms with Crippen LogP contribution in [0.1, 0.15) is 6.42 Å². The molecule has 0 saturated carbocycles. The van der Waals surface area contributed by atoms with Crippen LogP contribution in [-0.4, -0.2) is 30.5 Å². The Bertz CT molecular complexity index is 390. The van der Waals surface area contributed by atoms with Gasteiger partial charge in [0.05, 0.1) is 28.6 Å². The zero-order chi connectivity index (χ0) is 11.5. The molecule has 16 heavy (non-hydrogen) atoms. The van der Waals surface area contributed by atoms with Crippen LogP contribution in [0, 0.1) is 0 Å². The van der Waals surface area contributed by atoms with Gasteiger partial charge in [-0.25, -0.2) is 0 Å². The lowest BCUT2D eigenvalue weighted by atomic mass is 10.3. The van der Waals surface area contributed by atoms with Crippen LogP contribution in [-0.2, 0) is 4.79 Å². The largest absolute Gasteiger partial charge is 0.396 e. The van der Waals surface area contributed by atoms with Crippen LogP contribution in [0.3, 0.4) is 0 Å². The van der Waals surface area contributed by atoms with Gasteiger partial charge in [-0.1, -0.05) is 0 Å². The zero-order valence-corrected chi connectivity index (χ0v) is 10.3. The van der Waals surface area contributed by atoms with Crippen LogP contribution >= 0.6 is 15.9 Å².